The van der Waals surface area contributed by atoms with E-state index in [1.54, 1.807) is 6.07 Å². The lowest BCUT2D eigenvalue weighted by molar-refractivity contribution is 0.601. The second-order valence-corrected chi connectivity index (χ2v) is 5.90. The molecule has 0 bridgehead atoms. The normalized spacial score (nSPS) is 10.8. The summed E-state index contributed by atoms with van der Waals surface area (Å²) in [6.45, 7) is 0. The molecule has 0 aliphatic heterocycles. The van der Waals surface area contributed by atoms with Gasteiger partial charge in [-0.1, -0.05) is 36.4 Å². The minimum atomic E-state index is -0.104. The minimum absolute atomic E-state index is 0.0496. The fourth-order valence-corrected chi connectivity index (χ4v) is 2.45. The highest BCUT2D eigenvalue weighted by Gasteiger charge is 2.15. The summed E-state index contributed by atoms with van der Waals surface area (Å²) in [6, 6.07) is 15.4. The molecule has 0 saturated carbocycles. The zero-order valence-corrected chi connectivity index (χ0v) is 10.2. The average Bonchev–Trinajstić information content (AvgIpc) is 2.30. The molecule has 0 radical (unpaired) electrons. The number of benzene rings is 2. The van der Waals surface area contributed by atoms with Crippen molar-refractivity contribution in [1.82, 2.24) is 0 Å². The number of hydrogen-bond donors (Lipinski definition) is 0. The van der Waals surface area contributed by atoms with E-state index < -0.39 is 0 Å². The molecule has 0 aromatic heterocycles. The van der Waals surface area contributed by atoms with Crippen LogP contribution in [0.5, 0.6) is 0 Å². The zero-order valence-electron chi connectivity index (χ0n) is 9.41. The maximum atomic E-state index is 13.5. The van der Waals surface area contributed by atoms with Crippen LogP contribution in [0.3, 0.4) is 0 Å². The fourth-order valence-electron chi connectivity index (χ4n) is 1.63. The second kappa shape index (κ2) is 4.71. The van der Waals surface area contributed by atoms with Crippen LogP contribution in [0.1, 0.15) is 0 Å². The van der Waals surface area contributed by atoms with Crippen LogP contribution in [0.15, 0.2) is 53.4 Å². The Morgan fingerprint density at radius 1 is 0.875 bits per heavy atom. The van der Waals surface area contributed by atoms with Crippen LogP contribution in [0.4, 0.5) is 4.39 Å². The van der Waals surface area contributed by atoms with Crippen molar-refractivity contribution in [2.24, 2.45) is 0 Å². The SMILES string of the molecule is C[S+](C)c1cc(-c2ccccc2)ccc1F. The van der Waals surface area contributed by atoms with Crippen molar-refractivity contribution in [2.75, 3.05) is 12.5 Å². The Kier molecular flexibility index (Phi) is 3.30. The first-order valence-corrected chi connectivity index (χ1v) is 7.15. The Morgan fingerprint density at radius 3 is 2.19 bits per heavy atom. The van der Waals surface area contributed by atoms with Crippen LogP contribution in [-0.4, -0.2) is 12.5 Å². The molecule has 2 aromatic rings. The average molecular weight is 233 g/mol. The van der Waals surface area contributed by atoms with Crippen LogP contribution in [0.2, 0.25) is 0 Å². The van der Waals surface area contributed by atoms with Gasteiger partial charge in [0.1, 0.15) is 12.5 Å². The van der Waals surface area contributed by atoms with Crippen molar-refractivity contribution in [1.29, 1.82) is 0 Å². The van der Waals surface area contributed by atoms with Crippen molar-refractivity contribution in [3.63, 3.8) is 0 Å². The molecular formula is C14H14FS+. The molecule has 16 heavy (non-hydrogen) atoms. The Labute approximate surface area is 98.5 Å². The van der Waals surface area contributed by atoms with Crippen LogP contribution in [-0.2, 0) is 10.9 Å². The molecule has 0 nitrogen and oxygen atoms in total. The summed E-state index contributed by atoms with van der Waals surface area (Å²) < 4.78 is 13.5. The monoisotopic (exact) mass is 233 g/mol. The van der Waals surface area contributed by atoms with E-state index in [4.69, 9.17) is 0 Å². The number of hydrogen-bond acceptors (Lipinski definition) is 0. The van der Waals surface area contributed by atoms with E-state index in [1.165, 1.54) is 0 Å². The molecule has 0 aliphatic rings. The predicted molar refractivity (Wildman–Crippen MR) is 69.3 cm³/mol. The molecule has 0 fully saturated rings. The van der Waals surface area contributed by atoms with E-state index in [9.17, 15) is 4.39 Å². The van der Waals surface area contributed by atoms with Gasteiger partial charge >= 0.3 is 0 Å². The van der Waals surface area contributed by atoms with Crippen molar-refractivity contribution < 1.29 is 4.39 Å². The van der Waals surface area contributed by atoms with E-state index in [0.29, 0.717) is 0 Å². The predicted octanol–water partition coefficient (Wildman–Crippen LogP) is 3.73. The molecule has 0 atom stereocenters. The summed E-state index contributed by atoms with van der Waals surface area (Å²) in [5, 5.41) is 0. The van der Waals surface area contributed by atoms with Crippen molar-refractivity contribution in [2.45, 2.75) is 4.90 Å². The summed E-state index contributed by atoms with van der Waals surface area (Å²) in [7, 11) is -0.0496. The molecule has 0 amide bonds. The van der Waals surface area contributed by atoms with Gasteiger partial charge in [-0.3, -0.25) is 0 Å². The summed E-state index contributed by atoms with van der Waals surface area (Å²) in [4.78, 5) is 0.807. The van der Waals surface area contributed by atoms with Gasteiger partial charge in [0.25, 0.3) is 0 Å². The smallest absolute Gasteiger partial charge is 0.190 e. The summed E-state index contributed by atoms with van der Waals surface area (Å²) in [5.41, 5.74) is 2.22. The van der Waals surface area contributed by atoms with Crippen LogP contribution in [0.25, 0.3) is 11.1 Å². The standard InChI is InChI=1S/C14H14FS/c1-16(2)14-10-12(8-9-13(14)15)11-6-4-3-5-7-11/h3-10H,1-2H3/q+1. The van der Waals surface area contributed by atoms with Gasteiger partial charge in [-0.15, -0.1) is 0 Å². The Bertz CT molecular complexity index is 477. The zero-order chi connectivity index (χ0) is 11.5. The highest BCUT2D eigenvalue weighted by atomic mass is 32.2. The molecular weight excluding hydrogens is 219 g/mol. The Hall–Kier alpha value is -1.28. The Balaban J connectivity index is 2.48. The van der Waals surface area contributed by atoms with Crippen LogP contribution >= 0.6 is 0 Å². The van der Waals surface area contributed by atoms with Crippen molar-refractivity contribution >= 4 is 10.9 Å². The van der Waals surface area contributed by atoms with Crippen molar-refractivity contribution in [3.8, 4) is 11.1 Å². The lowest BCUT2D eigenvalue weighted by atomic mass is 10.1. The first-order chi connectivity index (χ1) is 7.68. The maximum absolute atomic E-state index is 13.5. The summed E-state index contributed by atoms with van der Waals surface area (Å²) in [6.07, 6.45) is 4.07. The van der Waals surface area contributed by atoms with Gasteiger partial charge in [0.05, 0.1) is 0 Å². The van der Waals surface area contributed by atoms with Gasteiger partial charge in [0.2, 0.25) is 0 Å². The third-order valence-corrected chi connectivity index (χ3v) is 3.67. The molecule has 2 heteroatoms. The third-order valence-electron chi connectivity index (χ3n) is 2.48. The van der Waals surface area contributed by atoms with Gasteiger partial charge in [0, 0.05) is 17.0 Å². The van der Waals surface area contributed by atoms with Gasteiger partial charge in [-0.05, 0) is 17.2 Å². The topological polar surface area (TPSA) is 0 Å². The van der Waals surface area contributed by atoms with Crippen LogP contribution in [0, 0.1) is 5.82 Å². The summed E-state index contributed by atoms with van der Waals surface area (Å²) >= 11 is 0. The minimum Gasteiger partial charge on any atom is -0.201 e. The van der Waals surface area contributed by atoms with E-state index in [1.807, 2.05) is 55.0 Å². The van der Waals surface area contributed by atoms with Gasteiger partial charge < -0.3 is 0 Å². The lowest BCUT2D eigenvalue weighted by Crippen LogP contribution is -1.99. The second-order valence-electron chi connectivity index (χ2n) is 3.83. The lowest BCUT2D eigenvalue weighted by Gasteiger charge is -2.04. The van der Waals surface area contributed by atoms with E-state index >= 15 is 0 Å². The first-order valence-electron chi connectivity index (χ1n) is 5.11. The van der Waals surface area contributed by atoms with E-state index in [0.717, 1.165) is 16.0 Å². The van der Waals surface area contributed by atoms with E-state index in [-0.39, 0.29) is 16.7 Å². The summed E-state index contributed by atoms with van der Waals surface area (Å²) in [5.74, 6) is -0.104. The molecule has 2 aromatic carbocycles. The van der Waals surface area contributed by atoms with Gasteiger partial charge in [-0.2, -0.15) is 0 Å². The molecule has 2 rings (SSSR count). The maximum Gasteiger partial charge on any atom is 0.190 e. The Morgan fingerprint density at radius 2 is 1.56 bits per heavy atom. The van der Waals surface area contributed by atoms with Crippen molar-refractivity contribution in [3.05, 3.63) is 54.3 Å². The van der Waals surface area contributed by atoms with Gasteiger partial charge in [0.15, 0.2) is 10.7 Å². The molecule has 0 unspecified atom stereocenters. The molecule has 0 N–H and O–H groups in total. The quantitative estimate of drug-likeness (QED) is 0.693. The molecule has 0 spiro atoms. The van der Waals surface area contributed by atoms with Crippen LogP contribution < -0.4 is 0 Å². The molecule has 82 valence electrons. The largest absolute Gasteiger partial charge is 0.201 e. The number of rotatable bonds is 2. The third kappa shape index (κ3) is 2.27. The molecule has 0 saturated heterocycles. The van der Waals surface area contributed by atoms with E-state index in [2.05, 4.69) is 0 Å². The highest BCUT2D eigenvalue weighted by molar-refractivity contribution is 7.95. The highest BCUT2D eigenvalue weighted by Crippen LogP contribution is 2.24. The fraction of sp³-hybridized carbons (Fsp3) is 0.143. The number of halogens is 1. The molecule has 0 aliphatic carbocycles. The van der Waals surface area contributed by atoms with Gasteiger partial charge in [-0.25, -0.2) is 4.39 Å². The molecule has 0 heterocycles. The first kappa shape index (κ1) is 11.2.